The highest BCUT2D eigenvalue weighted by atomic mass is 16.6. The Morgan fingerprint density at radius 2 is 2.19 bits per heavy atom. The van der Waals surface area contributed by atoms with Gasteiger partial charge in [-0.05, 0) is 36.8 Å². The predicted octanol–water partition coefficient (Wildman–Crippen LogP) is 1.66. The maximum Gasteiger partial charge on any atom is 0.292 e. The normalized spacial score (nSPS) is 18.6. The average molecular weight is 291 g/mol. The number of benzene rings is 1. The summed E-state index contributed by atoms with van der Waals surface area (Å²) in [6.45, 7) is 0.276. The van der Waals surface area contributed by atoms with Crippen LogP contribution in [0.3, 0.4) is 0 Å². The molecular formula is C14H17N3O4. The molecule has 1 amide bonds. The second-order valence-electron chi connectivity index (χ2n) is 5.62. The van der Waals surface area contributed by atoms with Gasteiger partial charge in [0.25, 0.3) is 5.69 Å². The van der Waals surface area contributed by atoms with Crippen molar-refractivity contribution in [3.63, 3.8) is 0 Å². The van der Waals surface area contributed by atoms with Crippen molar-refractivity contribution in [3.05, 3.63) is 27.8 Å². The number of hydrogen-bond donors (Lipinski definition) is 3. The third kappa shape index (κ3) is 2.97. The number of aryl methyl sites for hydroxylation is 1. The van der Waals surface area contributed by atoms with Crippen LogP contribution in [0.2, 0.25) is 0 Å². The van der Waals surface area contributed by atoms with Crippen LogP contribution in [-0.4, -0.2) is 28.6 Å². The molecule has 0 aromatic heterocycles. The van der Waals surface area contributed by atoms with Crippen LogP contribution in [0, 0.1) is 16.0 Å². The third-order valence-corrected chi connectivity index (χ3v) is 3.98. The summed E-state index contributed by atoms with van der Waals surface area (Å²) in [6, 6.07) is 3.09. The largest absolute Gasteiger partial charge is 0.391 e. The Morgan fingerprint density at radius 3 is 2.86 bits per heavy atom. The molecule has 2 aliphatic rings. The van der Waals surface area contributed by atoms with E-state index in [4.69, 9.17) is 0 Å². The molecule has 1 aromatic carbocycles. The number of amides is 1. The molecule has 1 saturated carbocycles. The first kappa shape index (κ1) is 13.8. The highest BCUT2D eigenvalue weighted by molar-refractivity contribution is 5.95. The van der Waals surface area contributed by atoms with Crippen molar-refractivity contribution in [2.45, 2.75) is 31.8 Å². The van der Waals surface area contributed by atoms with Crippen molar-refractivity contribution in [1.82, 2.24) is 0 Å². The molecule has 3 N–H and O–H groups in total. The number of nitro groups is 1. The van der Waals surface area contributed by atoms with Crippen LogP contribution < -0.4 is 10.6 Å². The quantitative estimate of drug-likeness (QED) is 0.565. The van der Waals surface area contributed by atoms with Gasteiger partial charge < -0.3 is 15.7 Å². The molecule has 1 heterocycles. The van der Waals surface area contributed by atoms with Gasteiger partial charge in [-0.15, -0.1) is 0 Å². The van der Waals surface area contributed by atoms with Crippen LogP contribution in [0.15, 0.2) is 12.1 Å². The van der Waals surface area contributed by atoms with Gasteiger partial charge in [0, 0.05) is 24.7 Å². The van der Waals surface area contributed by atoms with Gasteiger partial charge in [0.2, 0.25) is 5.91 Å². The van der Waals surface area contributed by atoms with Gasteiger partial charge in [-0.2, -0.15) is 0 Å². The van der Waals surface area contributed by atoms with Gasteiger partial charge in [0.1, 0.15) is 5.69 Å². The van der Waals surface area contributed by atoms with E-state index in [1.807, 2.05) is 0 Å². The van der Waals surface area contributed by atoms with Crippen LogP contribution in [0.25, 0.3) is 0 Å². The first-order valence-electron chi connectivity index (χ1n) is 7.07. The minimum absolute atomic E-state index is 0.0205. The van der Waals surface area contributed by atoms with Crippen molar-refractivity contribution in [2.24, 2.45) is 5.92 Å². The molecule has 7 nitrogen and oxygen atoms in total. The van der Waals surface area contributed by atoms with Crippen LogP contribution in [0.5, 0.6) is 0 Å². The van der Waals surface area contributed by atoms with Crippen molar-refractivity contribution in [1.29, 1.82) is 0 Å². The molecule has 0 spiro atoms. The van der Waals surface area contributed by atoms with E-state index in [1.165, 1.54) is 6.07 Å². The Labute approximate surface area is 121 Å². The molecule has 1 atom stereocenters. The van der Waals surface area contributed by atoms with Gasteiger partial charge in [0.05, 0.1) is 11.0 Å². The monoisotopic (exact) mass is 291 g/mol. The molecule has 0 bridgehead atoms. The number of nitrogens with one attached hydrogen (secondary N) is 2. The summed E-state index contributed by atoms with van der Waals surface area (Å²) in [7, 11) is 0. The summed E-state index contributed by atoms with van der Waals surface area (Å²) >= 11 is 0. The molecule has 7 heteroatoms. The topological polar surface area (TPSA) is 104 Å². The van der Waals surface area contributed by atoms with E-state index in [-0.39, 0.29) is 18.1 Å². The number of fused-ring (bicyclic) bond motifs is 1. The van der Waals surface area contributed by atoms with Gasteiger partial charge in [-0.3, -0.25) is 14.9 Å². The maximum atomic E-state index is 11.4. The van der Waals surface area contributed by atoms with E-state index < -0.39 is 11.0 Å². The Kier molecular flexibility index (Phi) is 3.50. The maximum absolute atomic E-state index is 11.4. The fraction of sp³-hybridized carbons (Fsp3) is 0.500. The number of hydrogen-bond acceptors (Lipinski definition) is 5. The van der Waals surface area contributed by atoms with Crippen LogP contribution in [-0.2, 0) is 11.2 Å². The zero-order valence-electron chi connectivity index (χ0n) is 11.5. The van der Waals surface area contributed by atoms with E-state index in [2.05, 4.69) is 10.6 Å². The van der Waals surface area contributed by atoms with Gasteiger partial charge in [-0.1, -0.05) is 0 Å². The average Bonchev–Trinajstić information content (AvgIpc) is 3.28. The molecule has 112 valence electrons. The van der Waals surface area contributed by atoms with E-state index in [1.54, 1.807) is 6.07 Å². The van der Waals surface area contributed by atoms with Crippen molar-refractivity contribution in [2.75, 3.05) is 17.2 Å². The number of aliphatic hydroxyl groups excluding tert-OH is 1. The van der Waals surface area contributed by atoms with E-state index in [0.29, 0.717) is 30.1 Å². The zero-order valence-corrected chi connectivity index (χ0v) is 11.5. The first-order valence-corrected chi connectivity index (χ1v) is 7.07. The lowest BCUT2D eigenvalue weighted by Gasteiger charge is -2.19. The second-order valence-corrected chi connectivity index (χ2v) is 5.62. The molecule has 1 unspecified atom stereocenters. The number of nitrogens with zero attached hydrogens (tertiary/aromatic N) is 1. The van der Waals surface area contributed by atoms with Gasteiger partial charge >= 0.3 is 0 Å². The van der Waals surface area contributed by atoms with Crippen LogP contribution >= 0.6 is 0 Å². The third-order valence-electron chi connectivity index (χ3n) is 3.98. The predicted molar refractivity (Wildman–Crippen MR) is 77.3 cm³/mol. The summed E-state index contributed by atoms with van der Waals surface area (Å²) in [5, 5.41) is 26.7. The number of carbonyl (C=O) groups excluding carboxylic acids is 1. The number of carbonyl (C=O) groups is 1. The molecule has 0 saturated heterocycles. The number of nitro benzene ring substituents is 1. The second kappa shape index (κ2) is 5.33. The van der Waals surface area contributed by atoms with E-state index in [0.717, 1.165) is 18.4 Å². The lowest BCUT2D eigenvalue weighted by atomic mass is 10.0. The van der Waals surface area contributed by atoms with Crippen molar-refractivity contribution >= 4 is 23.0 Å². The minimum atomic E-state index is -0.491. The fourth-order valence-electron chi connectivity index (χ4n) is 2.57. The molecule has 21 heavy (non-hydrogen) atoms. The SMILES string of the molecule is O=C1CCc2cc([N+](=O)[O-])c(NCC(O)C3CC3)cc2N1. The Morgan fingerprint density at radius 1 is 1.43 bits per heavy atom. The number of anilines is 2. The van der Waals surface area contributed by atoms with Crippen molar-refractivity contribution < 1.29 is 14.8 Å². The van der Waals surface area contributed by atoms with Crippen LogP contribution in [0.1, 0.15) is 24.8 Å². The van der Waals surface area contributed by atoms with E-state index in [9.17, 15) is 20.0 Å². The van der Waals surface area contributed by atoms with Crippen molar-refractivity contribution in [3.8, 4) is 0 Å². The number of aliphatic hydroxyl groups is 1. The highest BCUT2D eigenvalue weighted by Crippen LogP contribution is 2.36. The molecule has 1 aromatic rings. The molecule has 1 fully saturated rings. The Balaban J connectivity index is 1.84. The minimum Gasteiger partial charge on any atom is -0.391 e. The standard InChI is InChI=1S/C14H17N3O4/c18-13(8-1-2-8)7-15-11-6-10-9(3-4-14(19)16-10)5-12(11)17(20)21/h5-6,8,13,15,18H,1-4,7H2,(H,16,19). The summed E-state index contributed by atoms with van der Waals surface area (Å²) < 4.78 is 0. The molecule has 0 radical (unpaired) electrons. The Bertz CT molecular complexity index is 598. The highest BCUT2D eigenvalue weighted by Gasteiger charge is 2.30. The van der Waals surface area contributed by atoms with Gasteiger partial charge in [0.15, 0.2) is 0 Å². The number of rotatable bonds is 5. The lowest BCUT2D eigenvalue weighted by Crippen LogP contribution is -2.23. The summed E-state index contributed by atoms with van der Waals surface area (Å²) in [6.07, 6.45) is 2.37. The van der Waals surface area contributed by atoms with E-state index >= 15 is 0 Å². The zero-order chi connectivity index (χ0) is 15.0. The van der Waals surface area contributed by atoms with Crippen LogP contribution in [0.4, 0.5) is 17.1 Å². The Hall–Kier alpha value is -2.15. The molecular weight excluding hydrogens is 274 g/mol. The fourth-order valence-corrected chi connectivity index (χ4v) is 2.57. The molecule has 1 aliphatic heterocycles. The summed E-state index contributed by atoms with van der Waals surface area (Å²) in [5.41, 5.74) is 1.70. The molecule has 3 rings (SSSR count). The molecule has 1 aliphatic carbocycles. The first-order chi connectivity index (χ1) is 10.0. The summed E-state index contributed by atoms with van der Waals surface area (Å²) in [4.78, 5) is 22.2. The lowest BCUT2D eigenvalue weighted by molar-refractivity contribution is -0.384. The van der Waals surface area contributed by atoms with Gasteiger partial charge in [-0.25, -0.2) is 0 Å². The smallest absolute Gasteiger partial charge is 0.292 e. The summed E-state index contributed by atoms with van der Waals surface area (Å²) in [5.74, 6) is 0.217.